The van der Waals surface area contributed by atoms with E-state index in [4.69, 9.17) is 0 Å². The van der Waals surface area contributed by atoms with Crippen LogP contribution in [0.3, 0.4) is 0 Å². The van der Waals surface area contributed by atoms with Crippen molar-refractivity contribution in [2.24, 2.45) is 17.3 Å². The van der Waals surface area contributed by atoms with E-state index in [-0.39, 0.29) is 0 Å². The van der Waals surface area contributed by atoms with E-state index >= 15 is 0 Å². The third-order valence-corrected chi connectivity index (χ3v) is 10.7. The maximum atomic E-state index is 4.03. The minimum absolute atomic E-state index is 0.738. The summed E-state index contributed by atoms with van der Waals surface area (Å²) in [6.07, 6.45) is 36.1. The van der Waals surface area contributed by atoms with Gasteiger partial charge < -0.3 is 10.2 Å². The zero-order chi connectivity index (χ0) is 28.0. The summed E-state index contributed by atoms with van der Waals surface area (Å²) in [5.41, 5.74) is 0.738. The Morgan fingerprint density at radius 2 is 1.10 bits per heavy atom. The molecule has 2 heteroatoms. The van der Waals surface area contributed by atoms with Crippen molar-refractivity contribution in [2.75, 3.05) is 26.2 Å². The summed E-state index contributed by atoms with van der Waals surface area (Å²) in [4.78, 5) is 2.85. The van der Waals surface area contributed by atoms with Crippen molar-refractivity contribution in [1.29, 1.82) is 0 Å². The van der Waals surface area contributed by atoms with E-state index in [1.54, 1.807) is 0 Å². The Morgan fingerprint density at radius 3 is 1.72 bits per heavy atom. The molecule has 0 amide bonds. The van der Waals surface area contributed by atoms with Crippen LogP contribution in [0.25, 0.3) is 0 Å². The number of piperidine rings is 1. The molecule has 1 spiro atoms. The van der Waals surface area contributed by atoms with Crippen molar-refractivity contribution in [3.63, 3.8) is 0 Å². The summed E-state index contributed by atoms with van der Waals surface area (Å²) in [5, 5.41) is 4.03. The Morgan fingerprint density at radius 1 is 0.615 bits per heavy atom. The molecule has 2 atom stereocenters. The van der Waals surface area contributed by atoms with Gasteiger partial charge in [0.2, 0.25) is 0 Å². The predicted octanol–water partition coefficient (Wildman–Crippen LogP) is 11.3. The summed E-state index contributed by atoms with van der Waals surface area (Å²) in [6, 6.07) is 0.785. The Kier molecular flexibility index (Phi) is 20.3. The summed E-state index contributed by atoms with van der Waals surface area (Å²) in [5.74, 6) is 2.00. The van der Waals surface area contributed by atoms with Gasteiger partial charge in [-0.15, -0.1) is 0 Å². The lowest BCUT2D eigenvalue weighted by Crippen LogP contribution is -2.48. The minimum Gasteiger partial charge on any atom is -0.314 e. The Balaban J connectivity index is 1.60. The molecule has 1 saturated carbocycles. The van der Waals surface area contributed by atoms with Gasteiger partial charge in [-0.3, -0.25) is 0 Å². The molecule has 0 radical (unpaired) electrons. The van der Waals surface area contributed by atoms with Crippen molar-refractivity contribution in [3.8, 4) is 0 Å². The van der Waals surface area contributed by atoms with Crippen LogP contribution in [0.2, 0.25) is 0 Å². The summed E-state index contributed by atoms with van der Waals surface area (Å²) >= 11 is 0. The topological polar surface area (TPSA) is 15.3 Å². The van der Waals surface area contributed by atoms with E-state index in [1.165, 1.54) is 187 Å². The monoisotopic (exact) mass is 547 g/mol. The van der Waals surface area contributed by atoms with Crippen LogP contribution in [-0.4, -0.2) is 37.1 Å². The summed E-state index contributed by atoms with van der Waals surface area (Å²) < 4.78 is 0. The number of likely N-dealkylation sites (tertiary alicyclic amines) is 1. The predicted molar refractivity (Wildman–Crippen MR) is 176 cm³/mol. The van der Waals surface area contributed by atoms with E-state index in [0.29, 0.717) is 0 Å². The molecule has 0 bridgehead atoms. The van der Waals surface area contributed by atoms with Crippen LogP contribution in [0.4, 0.5) is 0 Å². The summed E-state index contributed by atoms with van der Waals surface area (Å²) in [7, 11) is 0. The first kappa shape index (κ1) is 35.1. The van der Waals surface area contributed by atoms with Crippen LogP contribution in [-0.2, 0) is 0 Å². The van der Waals surface area contributed by atoms with E-state index in [2.05, 4.69) is 37.9 Å². The molecule has 0 aromatic carbocycles. The number of hydrogen-bond acceptors (Lipinski definition) is 2. The van der Waals surface area contributed by atoms with Gasteiger partial charge in [0.15, 0.2) is 0 Å². The fraction of sp³-hybridized carbons (Fsp3) is 1.00. The highest BCUT2D eigenvalue weighted by molar-refractivity contribution is 4.97. The van der Waals surface area contributed by atoms with E-state index in [9.17, 15) is 0 Å². The number of unbranched alkanes of at least 4 members (excludes halogenated alkanes) is 11. The highest BCUT2D eigenvalue weighted by atomic mass is 15.1. The molecular weight excluding hydrogens is 472 g/mol. The molecule has 2 rings (SSSR count). The zero-order valence-electron chi connectivity index (χ0n) is 27.7. The number of hydrogen-bond donors (Lipinski definition) is 1. The molecule has 1 saturated heterocycles. The third-order valence-electron chi connectivity index (χ3n) is 10.7. The van der Waals surface area contributed by atoms with Gasteiger partial charge in [0.25, 0.3) is 0 Å². The van der Waals surface area contributed by atoms with Gasteiger partial charge in [-0.05, 0) is 94.8 Å². The molecule has 1 heterocycles. The first-order valence-corrected chi connectivity index (χ1v) is 18.6. The minimum atomic E-state index is 0.738. The van der Waals surface area contributed by atoms with Crippen molar-refractivity contribution in [1.82, 2.24) is 10.2 Å². The van der Waals surface area contributed by atoms with Crippen LogP contribution in [0.15, 0.2) is 0 Å². The fourth-order valence-electron chi connectivity index (χ4n) is 7.84. The smallest absolute Gasteiger partial charge is 0.00670 e. The molecule has 1 N–H and O–H groups in total. The highest BCUT2D eigenvalue weighted by Gasteiger charge is 2.45. The molecule has 1 aliphatic carbocycles. The lowest BCUT2D eigenvalue weighted by Gasteiger charge is -2.52. The Hall–Kier alpha value is -0.0800. The van der Waals surface area contributed by atoms with Gasteiger partial charge in [0.1, 0.15) is 0 Å². The largest absolute Gasteiger partial charge is 0.314 e. The standard InChI is InChI=1S/C37H74N2/c1-5-9-13-15-19-23-36(22-17-12-8-4)38-28-24-35-32-37(33-35)26-30-39(31-27-37)29-25-34(20-16-11-7-3)21-18-14-10-6-2/h34-36,38H,5-33H2,1-4H3. The van der Waals surface area contributed by atoms with Crippen molar-refractivity contribution in [2.45, 2.75) is 194 Å². The molecule has 232 valence electrons. The average Bonchev–Trinajstić information content (AvgIpc) is 2.93. The fourth-order valence-corrected chi connectivity index (χ4v) is 7.84. The second kappa shape index (κ2) is 22.5. The maximum absolute atomic E-state index is 4.03. The number of rotatable bonds is 26. The first-order chi connectivity index (χ1) is 19.1. The molecule has 2 unspecified atom stereocenters. The average molecular weight is 547 g/mol. The summed E-state index contributed by atoms with van der Waals surface area (Å²) in [6.45, 7) is 14.8. The zero-order valence-corrected chi connectivity index (χ0v) is 27.7. The van der Waals surface area contributed by atoms with Crippen molar-refractivity contribution >= 4 is 0 Å². The second-order valence-corrected chi connectivity index (χ2v) is 14.3. The van der Waals surface area contributed by atoms with Gasteiger partial charge >= 0.3 is 0 Å². The van der Waals surface area contributed by atoms with E-state index in [1.807, 2.05) is 0 Å². The van der Waals surface area contributed by atoms with E-state index < -0.39 is 0 Å². The molecule has 1 aliphatic heterocycles. The maximum Gasteiger partial charge on any atom is 0.00670 e. The lowest BCUT2D eigenvalue weighted by molar-refractivity contribution is -0.0172. The van der Waals surface area contributed by atoms with Crippen LogP contribution in [0.1, 0.15) is 188 Å². The highest BCUT2D eigenvalue weighted by Crippen LogP contribution is 2.53. The van der Waals surface area contributed by atoms with Gasteiger partial charge in [0.05, 0.1) is 0 Å². The molecular formula is C37H74N2. The Labute approximate surface area is 247 Å². The number of nitrogens with zero attached hydrogens (tertiary/aromatic N) is 1. The quantitative estimate of drug-likeness (QED) is 0.109. The Bertz CT molecular complexity index is 530. The van der Waals surface area contributed by atoms with Crippen LogP contribution in [0, 0.1) is 17.3 Å². The molecule has 39 heavy (non-hydrogen) atoms. The third kappa shape index (κ3) is 15.6. The molecule has 2 aliphatic rings. The van der Waals surface area contributed by atoms with Gasteiger partial charge in [-0.25, -0.2) is 0 Å². The van der Waals surface area contributed by atoms with Gasteiger partial charge in [-0.2, -0.15) is 0 Å². The lowest BCUT2D eigenvalue weighted by atomic mass is 9.57. The van der Waals surface area contributed by atoms with Crippen molar-refractivity contribution < 1.29 is 0 Å². The van der Waals surface area contributed by atoms with Crippen molar-refractivity contribution in [3.05, 3.63) is 0 Å². The number of nitrogens with one attached hydrogen (secondary N) is 1. The molecule has 0 aromatic rings. The first-order valence-electron chi connectivity index (χ1n) is 18.6. The van der Waals surface area contributed by atoms with E-state index in [0.717, 1.165) is 23.3 Å². The SMILES string of the molecule is CCCCCCCC(CCCCC)NCCC1CC2(CCN(CCC(CCCCC)CCCCCC)CC2)C1. The van der Waals surface area contributed by atoms with Crippen LogP contribution < -0.4 is 5.32 Å². The van der Waals surface area contributed by atoms with Crippen LogP contribution >= 0.6 is 0 Å². The molecule has 2 nitrogen and oxygen atoms in total. The molecule has 2 fully saturated rings. The van der Waals surface area contributed by atoms with Gasteiger partial charge in [-0.1, -0.05) is 137 Å². The van der Waals surface area contributed by atoms with Crippen LogP contribution in [0.5, 0.6) is 0 Å². The normalized spacial score (nSPS) is 19.4. The second-order valence-electron chi connectivity index (χ2n) is 14.3. The van der Waals surface area contributed by atoms with Gasteiger partial charge in [0, 0.05) is 6.04 Å². The molecule has 0 aromatic heterocycles.